The SMILES string of the molecule is CCC(Nc1ccc(Br)cc1OC(F)(F)F)C(C)C. The Morgan fingerprint density at radius 1 is 1.32 bits per heavy atom. The van der Waals surface area contributed by atoms with Crippen LogP contribution in [-0.2, 0) is 0 Å². The highest BCUT2D eigenvalue weighted by atomic mass is 79.9. The number of nitrogens with one attached hydrogen (secondary N) is 1. The maximum absolute atomic E-state index is 12.4. The summed E-state index contributed by atoms with van der Waals surface area (Å²) in [6.07, 6.45) is -3.88. The summed E-state index contributed by atoms with van der Waals surface area (Å²) in [5.74, 6) is 0.0911. The van der Waals surface area contributed by atoms with Crippen molar-refractivity contribution in [3.63, 3.8) is 0 Å². The molecule has 0 bridgehead atoms. The van der Waals surface area contributed by atoms with Gasteiger partial charge in [-0.15, -0.1) is 13.2 Å². The van der Waals surface area contributed by atoms with Crippen LogP contribution in [0.15, 0.2) is 22.7 Å². The van der Waals surface area contributed by atoms with Gasteiger partial charge in [-0.3, -0.25) is 0 Å². The molecule has 1 atom stereocenters. The number of hydrogen-bond donors (Lipinski definition) is 1. The molecular weight excluding hydrogens is 323 g/mol. The lowest BCUT2D eigenvalue weighted by molar-refractivity contribution is -0.274. The fourth-order valence-corrected chi connectivity index (χ4v) is 2.10. The summed E-state index contributed by atoms with van der Waals surface area (Å²) < 4.78 is 41.7. The van der Waals surface area contributed by atoms with Gasteiger partial charge in [0.1, 0.15) is 0 Å². The van der Waals surface area contributed by atoms with Gasteiger partial charge in [-0.2, -0.15) is 0 Å². The van der Waals surface area contributed by atoms with E-state index in [9.17, 15) is 13.2 Å². The minimum atomic E-state index is -4.70. The molecule has 0 saturated heterocycles. The van der Waals surface area contributed by atoms with E-state index in [1.165, 1.54) is 6.07 Å². The zero-order chi connectivity index (χ0) is 14.6. The first kappa shape index (κ1) is 16.1. The Kier molecular flexibility index (Phi) is 5.52. The van der Waals surface area contributed by atoms with Crippen LogP contribution in [-0.4, -0.2) is 12.4 Å². The molecule has 6 heteroatoms. The van der Waals surface area contributed by atoms with Gasteiger partial charge in [0.25, 0.3) is 0 Å². The lowest BCUT2D eigenvalue weighted by atomic mass is 10.0. The van der Waals surface area contributed by atoms with Gasteiger partial charge >= 0.3 is 6.36 Å². The fourth-order valence-electron chi connectivity index (χ4n) is 1.76. The molecule has 1 aromatic carbocycles. The Morgan fingerprint density at radius 3 is 2.42 bits per heavy atom. The van der Waals surface area contributed by atoms with Gasteiger partial charge in [-0.1, -0.05) is 36.7 Å². The maximum Gasteiger partial charge on any atom is 0.573 e. The molecule has 0 saturated carbocycles. The summed E-state index contributed by atoms with van der Waals surface area (Å²) in [7, 11) is 0. The third-order valence-electron chi connectivity index (χ3n) is 2.75. The normalized spacial score (nSPS) is 13.5. The fraction of sp³-hybridized carbons (Fsp3) is 0.538. The molecular formula is C13H17BrF3NO. The second-order valence-corrected chi connectivity index (χ2v) is 5.51. The van der Waals surface area contributed by atoms with E-state index in [2.05, 4.69) is 26.0 Å². The van der Waals surface area contributed by atoms with Crippen LogP contribution < -0.4 is 10.1 Å². The molecule has 2 nitrogen and oxygen atoms in total. The zero-order valence-corrected chi connectivity index (χ0v) is 12.6. The molecule has 0 aliphatic heterocycles. The summed E-state index contributed by atoms with van der Waals surface area (Å²) in [6, 6.07) is 4.66. The predicted molar refractivity (Wildman–Crippen MR) is 73.4 cm³/mol. The van der Waals surface area contributed by atoms with E-state index in [-0.39, 0.29) is 11.8 Å². The Balaban J connectivity index is 2.99. The van der Waals surface area contributed by atoms with Gasteiger partial charge < -0.3 is 10.1 Å². The first-order chi connectivity index (χ1) is 8.73. The summed E-state index contributed by atoms with van der Waals surface area (Å²) >= 11 is 3.14. The lowest BCUT2D eigenvalue weighted by Crippen LogP contribution is -2.26. The highest BCUT2D eigenvalue weighted by molar-refractivity contribution is 9.10. The molecule has 19 heavy (non-hydrogen) atoms. The zero-order valence-electron chi connectivity index (χ0n) is 11.0. The van der Waals surface area contributed by atoms with Crippen LogP contribution in [0.5, 0.6) is 5.75 Å². The van der Waals surface area contributed by atoms with Crippen LogP contribution in [0.2, 0.25) is 0 Å². The maximum atomic E-state index is 12.4. The third kappa shape index (κ3) is 5.30. The number of alkyl halides is 3. The molecule has 0 radical (unpaired) electrons. The van der Waals surface area contributed by atoms with Gasteiger partial charge in [0.05, 0.1) is 5.69 Å². The van der Waals surface area contributed by atoms with E-state index in [1.54, 1.807) is 12.1 Å². The molecule has 1 rings (SSSR count). The summed E-state index contributed by atoms with van der Waals surface area (Å²) in [5.41, 5.74) is 0.348. The molecule has 0 aromatic heterocycles. The van der Waals surface area contributed by atoms with Crippen molar-refractivity contribution in [3.8, 4) is 5.75 Å². The Labute approximate surface area is 119 Å². The van der Waals surface area contributed by atoms with Crippen molar-refractivity contribution < 1.29 is 17.9 Å². The van der Waals surface area contributed by atoms with Gasteiger partial charge in [-0.25, -0.2) is 0 Å². The Bertz CT molecular complexity index is 421. The Morgan fingerprint density at radius 2 is 1.95 bits per heavy atom. The monoisotopic (exact) mass is 339 g/mol. The van der Waals surface area contributed by atoms with Gasteiger partial charge in [0.2, 0.25) is 0 Å². The van der Waals surface area contributed by atoms with E-state index in [4.69, 9.17) is 0 Å². The number of anilines is 1. The largest absolute Gasteiger partial charge is 0.573 e. The highest BCUT2D eigenvalue weighted by Crippen LogP contribution is 2.34. The summed E-state index contributed by atoms with van der Waals surface area (Å²) in [5, 5.41) is 3.10. The minimum absolute atomic E-state index is 0.0942. The van der Waals surface area contributed by atoms with E-state index >= 15 is 0 Å². The second-order valence-electron chi connectivity index (χ2n) is 4.59. The van der Waals surface area contributed by atoms with Crippen molar-refractivity contribution in [2.24, 2.45) is 5.92 Å². The van der Waals surface area contributed by atoms with Crippen molar-refractivity contribution in [2.45, 2.75) is 39.6 Å². The number of hydrogen-bond acceptors (Lipinski definition) is 2. The van der Waals surface area contributed by atoms with Crippen LogP contribution in [0.3, 0.4) is 0 Å². The van der Waals surface area contributed by atoms with Crippen molar-refractivity contribution in [2.75, 3.05) is 5.32 Å². The average Bonchev–Trinajstić information content (AvgIpc) is 2.25. The van der Waals surface area contributed by atoms with Crippen molar-refractivity contribution >= 4 is 21.6 Å². The van der Waals surface area contributed by atoms with Gasteiger partial charge in [-0.05, 0) is 30.5 Å². The molecule has 0 heterocycles. The molecule has 0 fully saturated rings. The predicted octanol–water partition coefficient (Wildman–Crippen LogP) is 5.19. The molecule has 1 N–H and O–H groups in total. The van der Waals surface area contributed by atoms with Gasteiger partial charge in [0, 0.05) is 10.5 Å². The standard InChI is InChI=1S/C13H17BrF3NO/c1-4-10(8(2)3)18-11-6-5-9(14)7-12(11)19-13(15,16)17/h5-8,10,18H,4H2,1-3H3. The second kappa shape index (κ2) is 6.50. The van der Waals surface area contributed by atoms with Crippen LogP contribution in [0, 0.1) is 5.92 Å². The number of rotatable bonds is 5. The quantitative estimate of drug-likeness (QED) is 0.796. The first-order valence-corrected chi connectivity index (χ1v) is 6.84. The summed E-state index contributed by atoms with van der Waals surface area (Å²) in [4.78, 5) is 0. The summed E-state index contributed by atoms with van der Waals surface area (Å²) in [6.45, 7) is 6.02. The van der Waals surface area contributed by atoms with Crippen LogP contribution >= 0.6 is 15.9 Å². The van der Waals surface area contributed by atoms with Crippen molar-refractivity contribution in [1.82, 2.24) is 0 Å². The molecule has 1 aromatic rings. The third-order valence-corrected chi connectivity index (χ3v) is 3.25. The number of benzene rings is 1. The molecule has 0 aliphatic carbocycles. The molecule has 108 valence electrons. The molecule has 1 unspecified atom stereocenters. The minimum Gasteiger partial charge on any atom is -0.404 e. The van der Waals surface area contributed by atoms with Crippen molar-refractivity contribution in [3.05, 3.63) is 22.7 Å². The number of halogens is 4. The van der Waals surface area contributed by atoms with Crippen LogP contribution in [0.25, 0.3) is 0 Å². The topological polar surface area (TPSA) is 21.3 Å². The highest BCUT2D eigenvalue weighted by Gasteiger charge is 2.32. The molecule has 0 amide bonds. The van der Waals surface area contributed by atoms with Crippen molar-refractivity contribution in [1.29, 1.82) is 0 Å². The molecule has 0 aliphatic rings. The van der Waals surface area contributed by atoms with E-state index < -0.39 is 6.36 Å². The lowest BCUT2D eigenvalue weighted by Gasteiger charge is -2.24. The molecule has 0 spiro atoms. The first-order valence-electron chi connectivity index (χ1n) is 6.04. The van der Waals surface area contributed by atoms with E-state index in [0.717, 1.165) is 6.42 Å². The van der Waals surface area contributed by atoms with Crippen LogP contribution in [0.1, 0.15) is 27.2 Å². The van der Waals surface area contributed by atoms with E-state index in [1.807, 2.05) is 20.8 Å². The van der Waals surface area contributed by atoms with E-state index in [0.29, 0.717) is 16.1 Å². The smallest absolute Gasteiger partial charge is 0.404 e. The average molecular weight is 340 g/mol. The Hall–Kier alpha value is -0.910. The number of ether oxygens (including phenoxy) is 1. The van der Waals surface area contributed by atoms with Crippen LogP contribution in [0.4, 0.5) is 18.9 Å². The van der Waals surface area contributed by atoms with Gasteiger partial charge in [0.15, 0.2) is 5.75 Å².